The van der Waals surface area contributed by atoms with Gasteiger partial charge in [-0.3, -0.25) is 0 Å². The highest BCUT2D eigenvalue weighted by atomic mass is 16.5. The summed E-state index contributed by atoms with van der Waals surface area (Å²) in [6.07, 6.45) is 2.56. The zero-order chi connectivity index (χ0) is 12.3. The summed E-state index contributed by atoms with van der Waals surface area (Å²) in [7, 11) is 0. The summed E-state index contributed by atoms with van der Waals surface area (Å²) < 4.78 is 5.33. The molecular formula is C14H17NO2. The van der Waals surface area contributed by atoms with Crippen LogP contribution in [0, 0.1) is 0 Å². The number of phenols is 1. The van der Waals surface area contributed by atoms with Gasteiger partial charge in [0, 0.05) is 18.4 Å². The molecule has 0 unspecified atom stereocenters. The molecule has 0 saturated carbocycles. The number of phenolic OH excluding ortho intramolecular Hbond substituents is 1. The molecule has 0 fully saturated rings. The first-order valence-corrected chi connectivity index (χ1v) is 5.98. The van der Waals surface area contributed by atoms with Crippen molar-refractivity contribution in [2.75, 3.05) is 0 Å². The van der Waals surface area contributed by atoms with Gasteiger partial charge in [-0.1, -0.05) is 31.1 Å². The van der Waals surface area contributed by atoms with E-state index in [0.29, 0.717) is 5.75 Å². The van der Waals surface area contributed by atoms with E-state index in [1.807, 2.05) is 12.1 Å². The molecule has 1 aromatic carbocycles. The number of aromatic hydroxyl groups is 1. The number of benzene rings is 1. The third-order valence-corrected chi connectivity index (χ3v) is 2.92. The lowest BCUT2D eigenvalue weighted by atomic mass is 10.0. The van der Waals surface area contributed by atoms with Crippen molar-refractivity contribution in [1.82, 2.24) is 5.16 Å². The Kier molecular flexibility index (Phi) is 3.47. The molecule has 1 heterocycles. The fourth-order valence-electron chi connectivity index (χ4n) is 1.96. The van der Waals surface area contributed by atoms with Crippen LogP contribution in [0.25, 0.3) is 0 Å². The SMILES string of the molecule is CCc1noc(CC)c1Cc1ccc(O)cc1. The molecule has 0 aliphatic heterocycles. The molecule has 3 nitrogen and oxygen atoms in total. The van der Waals surface area contributed by atoms with E-state index in [1.54, 1.807) is 12.1 Å². The van der Waals surface area contributed by atoms with Crippen molar-refractivity contribution in [2.45, 2.75) is 33.1 Å². The van der Waals surface area contributed by atoms with Gasteiger partial charge in [0.1, 0.15) is 11.5 Å². The first-order valence-electron chi connectivity index (χ1n) is 5.98. The van der Waals surface area contributed by atoms with E-state index in [4.69, 9.17) is 4.52 Å². The molecule has 2 aromatic rings. The van der Waals surface area contributed by atoms with Crippen LogP contribution in [-0.4, -0.2) is 10.3 Å². The van der Waals surface area contributed by atoms with Crippen LogP contribution in [0.15, 0.2) is 28.8 Å². The zero-order valence-electron chi connectivity index (χ0n) is 10.2. The van der Waals surface area contributed by atoms with Gasteiger partial charge >= 0.3 is 0 Å². The van der Waals surface area contributed by atoms with E-state index in [0.717, 1.165) is 36.3 Å². The Bertz CT molecular complexity index is 464. The molecule has 0 atom stereocenters. The molecular weight excluding hydrogens is 214 g/mol. The Morgan fingerprint density at radius 3 is 2.41 bits per heavy atom. The number of hydrogen-bond acceptors (Lipinski definition) is 3. The van der Waals surface area contributed by atoms with Crippen LogP contribution in [0.2, 0.25) is 0 Å². The maximum absolute atomic E-state index is 9.25. The monoisotopic (exact) mass is 231 g/mol. The first kappa shape index (κ1) is 11.7. The summed E-state index contributed by atoms with van der Waals surface area (Å²) in [4.78, 5) is 0. The fraction of sp³-hybridized carbons (Fsp3) is 0.357. The van der Waals surface area contributed by atoms with Gasteiger partial charge < -0.3 is 9.63 Å². The van der Waals surface area contributed by atoms with Crippen molar-refractivity contribution in [3.05, 3.63) is 46.8 Å². The van der Waals surface area contributed by atoms with E-state index >= 15 is 0 Å². The molecule has 0 aliphatic rings. The normalized spacial score (nSPS) is 10.7. The molecule has 3 heteroatoms. The van der Waals surface area contributed by atoms with E-state index in [-0.39, 0.29) is 0 Å². The van der Waals surface area contributed by atoms with Crippen molar-refractivity contribution < 1.29 is 9.63 Å². The summed E-state index contributed by atoms with van der Waals surface area (Å²) >= 11 is 0. The number of hydrogen-bond donors (Lipinski definition) is 1. The van der Waals surface area contributed by atoms with Crippen LogP contribution < -0.4 is 0 Å². The standard InChI is InChI=1S/C14H17NO2/c1-3-13-12(14(4-2)17-15-13)9-10-5-7-11(16)8-6-10/h5-8,16H,3-4,9H2,1-2H3. The second kappa shape index (κ2) is 5.04. The summed E-state index contributed by atoms with van der Waals surface area (Å²) in [6.45, 7) is 4.15. The maximum Gasteiger partial charge on any atom is 0.140 e. The maximum atomic E-state index is 9.25. The Balaban J connectivity index is 2.28. The minimum atomic E-state index is 0.297. The van der Waals surface area contributed by atoms with E-state index in [2.05, 4.69) is 19.0 Å². The fourth-order valence-corrected chi connectivity index (χ4v) is 1.96. The molecule has 90 valence electrons. The van der Waals surface area contributed by atoms with Crippen LogP contribution in [0.5, 0.6) is 5.75 Å². The highest BCUT2D eigenvalue weighted by Gasteiger charge is 2.13. The molecule has 0 amide bonds. The lowest BCUT2D eigenvalue weighted by Gasteiger charge is -2.03. The van der Waals surface area contributed by atoms with Gasteiger partial charge in [-0.15, -0.1) is 0 Å². The molecule has 0 radical (unpaired) electrons. The van der Waals surface area contributed by atoms with E-state index in [9.17, 15) is 5.11 Å². The summed E-state index contributed by atoms with van der Waals surface area (Å²) in [5.41, 5.74) is 3.39. The molecule has 1 aromatic heterocycles. The molecule has 0 aliphatic carbocycles. The minimum absolute atomic E-state index is 0.297. The smallest absolute Gasteiger partial charge is 0.140 e. The third kappa shape index (κ3) is 2.49. The van der Waals surface area contributed by atoms with Crippen molar-refractivity contribution in [2.24, 2.45) is 0 Å². The second-order valence-corrected chi connectivity index (χ2v) is 4.08. The van der Waals surface area contributed by atoms with Crippen LogP contribution in [0.1, 0.15) is 36.4 Å². The number of nitrogens with zero attached hydrogens (tertiary/aromatic N) is 1. The van der Waals surface area contributed by atoms with Gasteiger partial charge in [-0.2, -0.15) is 0 Å². The third-order valence-electron chi connectivity index (χ3n) is 2.92. The summed E-state index contributed by atoms with van der Waals surface area (Å²) in [5.74, 6) is 1.26. The van der Waals surface area contributed by atoms with Gasteiger partial charge in [-0.25, -0.2) is 0 Å². The van der Waals surface area contributed by atoms with Gasteiger partial charge in [-0.05, 0) is 24.1 Å². The molecule has 0 spiro atoms. The van der Waals surface area contributed by atoms with E-state index < -0.39 is 0 Å². The lowest BCUT2D eigenvalue weighted by molar-refractivity contribution is 0.380. The quantitative estimate of drug-likeness (QED) is 0.879. The first-order chi connectivity index (χ1) is 8.24. The van der Waals surface area contributed by atoms with Gasteiger partial charge in [0.25, 0.3) is 0 Å². The number of aromatic nitrogens is 1. The summed E-state index contributed by atoms with van der Waals surface area (Å²) in [6, 6.07) is 7.28. The van der Waals surface area contributed by atoms with Gasteiger partial charge in [0.05, 0.1) is 5.69 Å². The Morgan fingerprint density at radius 2 is 1.82 bits per heavy atom. The second-order valence-electron chi connectivity index (χ2n) is 4.08. The average molecular weight is 231 g/mol. The van der Waals surface area contributed by atoms with Crippen molar-refractivity contribution in [1.29, 1.82) is 0 Å². The van der Waals surface area contributed by atoms with Crippen LogP contribution in [0.3, 0.4) is 0 Å². The molecule has 17 heavy (non-hydrogen) atoms. The highest BCUT2D eigenvalue weighted by Crippen LogP contribution is 2.21. The lowest BCUT2D eigenvalue weighted by Crippen LogP contribution is -1.95. The molecule has 0 saturated heterocycles. The Labute approximate surface area is 101 Å². The minimum Gasteiger partial charge on any atom is -0.508 e. The number of aryl methyl sites for hydroxylation is 2. The molecule has 0 bridgehead atoms. The van der Waals surface area contributed by atoms with Crippen molar-refractivity contribution in [3.63, 3.8) is 0 Å². The number of rotatable bonds is 4. The van der Waals surface area contributed by atoms with Crippen LogP contribution in [0.4, 0.5) is 0 Å². The van der Waals surface area contributed by atoms with Gasteiger partial charge in [0.2, 0.25) is 0 Å². The predicted octanol–water partition coefficient (Wildman–Crippen LogP) is 3.10. The molecule has 2 rings (SSSR count). The predicted molar refractivity (Wildman–Crippen MR) is 66.2 cm³/mol. The Morgan fingerprint density at radius 1 is 1.12 bits per heavy atom. The highest BCUT2D eigenvalue weighted by molar-refractivity contribution is 5.33. The van der Waals surface area contributed by atoms with E-state index in [1.165, 1.54) is 5.56 Å². The van der Waals surface area contributed by atoms with Crippen LogP contribution >= 0.6 is 0 Å². The Hall–Kier alpha value is -1.77. The van der Waals surface area contributed by atoms with Crippen molar-refractivity contribution in [3.8, 4) is 5.75 Å². The summed E-state index contributed by atoms with van der Waals surface area (Å²) in [5, 5.41) is 13.3. The van der Waals surface area contributed by atoms with Crippen molar-refractivity contribution >= 4 is 0 Å². The zero-order valence-corrected chi connectivity index (χ0v) is 10.2. The molecule has 1 N–H and O–H groups in total. The average Bonchev–Trinajstić information content (AvgIpc) is 2.74. The topological polar surface area (TPSA) is 46.3 Å². The van der Waals surface area contributed by atoms with Crippen LogP contribution in [-0.2, 0) is 19.3 Å². The van der Waals surface area contributed by atoms with Gasteiger partial charge in [0.15, 0.2) is 0 Å². The largest absolute Gasteiger partial charge is 0.508 e.